The van der Waals surface area contributed by atoms with Gasteiger partial charge >= 0.3 is 0 Å². The monoisotopic (exact) mass is 267 g/mol. The minimum Gasteiger partial charge on any atom is -0.496 e. The van der Waals surface area contributed by atoms with Crippen LogP contribution in [0.3, 0.4) is 0 Å². The highest BCUT2D eigenvalue weighted by Crippen LogP contribution is 2.36. The Morgan fingerprint density at radius 1 is 0.947 bits per heavy atom. The Balaban J connectivity index is 2.99. The molecule has 0 aliphatic carbocycles. The fraction of sp³-hybridized carbons (Fsp3) is 0.600. The number of methoxy groups -OCH3 is 3. The lowest BCUT2D eigenvalue weighted by Gasteiger charge is -2.23. The highest BCUT2D eigenvalue weighted by molar-refractivity contribution is 5.50. The largest absolute Gasteiger partial charge is 0.496 e. The van der Waals surface area contributed by atoms with Crippen molar-refractivity contribution in [3.8, 4) is 17.2 Å². The molecule has 1 aromatic carbocycles. The standard InChI is InChI=1S/C15H25NO3/c1-15(2,10-16)7-6-11-8-13(18-4)14(19-5)9-12(11)17-3/h8-9H,6-7,10,16H2,1-5H3. The third-order valence-electron chi connectivity index (χ3n) is 3.41. The molecule has 0 saturated carbocycles. The van der Waals surface area contributed by atoms with Gasteiger partial charge in [0.25, 0.3) is 0 Å². The SMILES string of the molecule is COc1cc(OC)c(OC)cc1CCC(C)(C)CN. The van der Waals surface area contributed by atoms with Crippen LogP contribution in [0.2, 0.25) is 0 Å². The molecule has 0 atom stereocenters. The van der Waals surface area contributed by atoms with Crippen LogP contribution in [-0.4, -0.2) is 27.9 Å². The van der Waals surface area contributed by atoms with E-state index in [1.165, 1.54) is 0 Å². The van der Waals surface area contributed by atoms with Gasteiger partial charge in [0.2, 0.25) is 0 Å². The second-order valence-corrected chi connectivity index (χ2v) is 5.39. The molecule has 0 radical (unpaired) electrons. The summed E-state index contributed by atoms with van der Waals surface area (Å²) < 4.78 is 16.0. The van der Waals surface area contributed by atoms with Crippen LogP contribution in [0.5, 0.6) is 17.2 Å². The van der Waals surface area contributed by atoms with E-state index in [0.717, 1.165) is 29.9 Å². The molecule has 0 aliphatic heterocycles. The van der Waals surface area contributed by atoms with E-state index in [4.69, 9.17) is 19.9 Å². The molecule has 0 aliphatic rings. The fourth-order valence-corrected chi connectivity index (χ4v) is 1.86. The van der Waals surface area contributed by atoms with Crippen LogP contribution in [0, 0.1) is 5.41 Å². The lowest BCUT2D eigenvalue weighted by atomic mass is 9.86. The average Bonchev–Trinajstić information content (AvgIpc) is 2.44. The van der Waals surface area contributed by atoms with Gasteiger partial charge in [0.1, 0.15) is 5.75 Å². The number of hydrogen-bond acceptors (Lipinski definition) is 4. The minimum absolute atomic E-state index is 0.123. The summed E-state index contributed by atoms with van der Waals surface area (Å²) >= 11 is 0. The number of aryl methyl sites for hydroxylation is 1. The summed E-state index contributed by atoms with van der Waals surface area (Å²) in [6, 6.07) is 3.84. The average molecular weight is 267 g/mol. The van der Waals surface area contributed by atoms with Crippen molar-refractivity contribution < 1.29 is 14.2 Å². The lowest BCUT2D eigenvalue weighted by Crippen LogP contribution is -2.24. The van der Waals surface area contributed by atoms with E-state index < -0.39 is 0 Å². The maximum atomic E-state index is 5.77. The Morgan fingerprint density at radius 2 is 1.47 bits per heavy atom. The first kappa shape index (κ1) is 15.6. The van der Waals surface area contributed by atoms with Crippen LogP contribution < -0.4 is 19.9 Å². The fourth-order valence-electron chi connectivity index (χ4n) is 1.86. The molecule has 0 unspecified atom stereocenters. The van der Waals surface area contributed by atoms with Crippen LogP contribution in [0.15, 0.2) is 12.1 Å². The quantitative estimate of drug-likeness (QED) is 0.825. The molecule has 0 amide bonds. The van der Waals surface area contributed by atoms with Crippen molar-refractivity contribution in [2.24, 2.45) is 11.1 Å². The van der Waals surface area contributed by atoms with Crippen LogP contribution in [0.25, 0.3) is 0 Å². The third kappa shape index (κ3) is 4.03. The molecule has 0 fully saturated rings. The van der Waals surface area contributed by atoms with E-state index in [2.05, 4.69) is 13.8 Å². The van der Waals surface area contributed by atoms with Gasteiger partial charge in [0.15, 0.2) is 11.5 Å². The topological polar surface area (TPSA) is 53.7 Å². The summed E-state index contributed by atoms with van der Waals surface area (Å²) in [6.45, 7) is 5.00. The molecule has 108 valence electrons. The van der Waals surface area contributed by atoms with Crippen LogP contribution >= 0.6 is 0 Å². The molecule has 0 bridgehead atoms. The number of ether oxygens (including phenoxy) is 3. The summed E-state index contributed by atoms with van der Waals surface area (Å²) in [5, 5.41) is 0. The van der Waals surface area contributed by atoms with Crippen molar-refractivity contribution >= 4 is 0 Å². The summed E-state index contributed by atoms with van der Waals surface area (Å²) in [4.78, 5) is 0. The molecule has 0 spiro atoms. The van der Waals surface area contributed by atoms with Crippen molar-refractivity contribution in [3.05, 3.63) is 17.7 Å². The first-order valence-electron chi connectivity index (χ1n) is 6.46. The van der Waals surface area contributed by atoms with Gasteiger partial charge in [-0.3, -0.25) is 0 Å². The summed E-state index contributed by atoms with van der Waals surface area (Å²) in [6.07, 6.45) is 1.89. The van der Waals surface area contributed by atoms with Crippen LogP contribution in [-0.2, 0) is 6.42 Å². The van der Waals surface area contributed by atoms with Gasteiger partial charge < -0.3 is 19.9 Å². The van der Waals surface area contributed by atoms with Crippen LogP contribution in [0.4, 0.5) is 0 Å². The first-order chi connectivity index (χ1) is 8.97. The van der Waals surface area contributed by atoms with E-state index in [1.807, 2.05) is 12.1 Å². The molecule has 0 aromatic heterocycles. The Bertz CT molecular complexity index is 416. The zero-order valence-electron chi connectivity index (χ0n) is 12.6. The predicted octanol–water partition coefficient (Wildman–Crippen LogP) is 2.63. The highest BCUT2D eigenvalue weighted by atomic mass is 16.5. The predicted molar refractivity (Wildman–Crippen MR) is 77.3 cm³/mol. The molecule has 0 saturated heterocycles. The normalized spacial score (nSPS) is 11.3. The van der Waals surface area contributed by atoms with E-state index in [9.17, 15) is 0 Å². The van der Waals surface area contributed by atoms with Crippen LogP contribution in [0.1, 0.15) is 25.8 Å². The van der Waals surface area contributed by atoms with Gasteiger partial charge in [-0.2, -0.15) is 0 Å². The molecule has 19 heavy (non-hydrogen) atoms. The summed E-state index contributed by atoms with van der Waals surface area (Å²) in [7, 11) is 4.92. The van der Waals surface area contributed by atoms with Crippen molar-refractivity contribution in [1.82, 2.24) is 0 Å². The molecule has 4 nitrogen and oxygen atoms in total. The molecule has 0 heterocycles. The second kappa shape index (κ2) is 6.66. The van der Waals surface area contributed by atoms with E-state index in [1.54, 1.807) is 21.3 Å². The maximum Gasteiger partial charge on any atom is 0.164 e. The molecule has 4 heteroatoms. The minimum atomic E-state index is 0.123. The van der Waals surface area contributed by atoms with Gasteiger partial charge in [-0.15, -0.1) is 0 Å². The third-order valence-corrected chi connectivity index (χ3v) is 3.41. The van der Waals surface area contributed by atoms with E-state index >= 15 is 0 Å². The number of rotatable bonds is 7. The molecule has 1 rings (SSSR count). The molecular formula is C15H25NO3. The van der Waals surface area contributed by atoms with Crippen molar-refractivity contribution in [3.63, 3.8) is 0 Å². The number of nitrogens with two attached hydrogens (primary N) is 1. The van der Waals surface area contributed by atoms with Gasteiger partial charge in [0.05, 0.1) is 21.3 Å². The molecule has 1 aromatic rings. The van der Waals surface area contributed by atoms with Crippen molar-refractivity contribution in [2.45, 2.75) is 26.7 Å². The maximum absolute atomic E-state index is 5.77. The number of benzene rings is 1. The number of hydrogen-bond donors (Lipinski definition) is 1. The first-order valence-corrected chi connectivity index (χ1v) is 6.46. The van der Waals surface area contributed by atoms with Crippen molar-refractivity contribution in [2.75, 3.05) is 27.9 Å². The second-order valence-electron chi connectivity index (χ2n) is 5.39. The zero-order valence-corrected chi connectivity index (χ0v) is 12.6. The van der Waals surface area contributed by atoms with E-state index in [-0.39, 0.29) is 5.41 Å². The zero-order chi connectivity index (χ0) is 14.5. The highest BCUT2D eigenvalue weighted by Gasteiger charge is 2.18. The van der Waals surface area contributed by atoms with Gasteiger partial charge in [-0.25, -0.2) is 0 Å². The lowest BCUT2D eigenvalue weighted by molar-refractivity contribution is 0.335. The van der Waals surface area contributed by atoms with Gasteiger partial charge in [-0.1, -0.05) is 13.8 Å². The Morgan fingerprint density at radius 3 is 1.95 bits per heavy atom. The Kier molecular flexibility index (Phi) is 5.48. The molecular weight excluding hydrogens is 242 g/mol. The van der Waals surface area contributed by atoms with Crippen molar-refractivity contribution in [1.29, 1.82) is 0 Å². The van der Waals surface area contributed by atoms with E-state index in [0.29, 0.717) is 12.3 Å². The Hall–Kier alpha value is -1.42. The Labute approximate surface area is 115 Å². The molecule has 2 N–H and O–H groups in total. The summed E-state index contributed by atoms with van der Waals surface area (Å²) in [5.41, 5.74) is 7.00. The van der Waals surface area contributed by atoms with Gasteiger partial charge in [0, 0.05) is 6.07 Å². The smallest absolute Gasteiger partial charge is 0.164 e. The summed E-state index contributed by atoms with van der Waals surface area (Å²) in [5.74, 6) is 2.23. The van der Waals surface area contributed by atoms with Gasteiger partial charge in [-0.05, 0) is 36.4 Å².